The van der Waals surface area contributed by atoms with Gasteiger partial charge in [-0.15, -0.1) is 0 Å². The van der Waals surface area contributed by atoms with Crippen LogP contribution in [0.15, 0.2) is 42.5 Å². The number of amides is 1. The summed E-state index contributed by atoms with van der Waals surface area (Å²) in [6.07, 6.45) is 0.371. The lowest BCUT2D eigenvalue weighted by molar-refractivity contribution is -0.115. The van der Waals surface area contributed by atoms with E-state index in [0.717, 1.165) is 39.2 Å². The van der Waals surface area contributed by atoms with Crippen molar-refractivity contribution in [1.82, 2.24) is 4.98 Å². The molecule has 0 aliphatic carbocycles. The van der Waals surface area contributed by atoms with Gasteiger partial charge in [-0.3, -0.25) is 4.79 Å². The molecule has 0 saturated heterocycles. The number of ether oxygens (including phenoxy) is 1. The summed E-state index contributed by atoms with van der Waals surface area (Å²) in [5.41, 5.74) is 4.90. The molecule has 1 aromatic heterocycles. The van der Waals surface area contributed by atoms with Crippen LogP contribution in [0.3, 0.4) is 0 Å². The molecule has 0 saturated carbocycles. The number of H-pyrrole nitrogens is 1. The minimum atomic E-state index is 0.0120. The SMILES string of the molecule is COc1ccc2c3c([nH]c2c1)-c1ccccc1NC(=O)C3. The number of para-hydroxylation sites is 1. The minimum absolute atomic E-state index is 0.0120. The van der Waals surface area contributed by atoms with Gasteiger partial charge in [-0.25, -0.2) is 0 Å². The van der Waals surface area contributed by atoms with Crippen LogP contribution in [0.25, 0.3) is 22.2 Å². The van der Waals surface area contributed by atoms with E-state index in [1.807, 2.05) is 42.5 Å². The number of aromatic amines is 1. The number of hydrogen-bond donors (Lipinski definition) is 2. The van der Waals surface area contributed by atoms with E-state index in [-0.39, 0.29) is 5.91 Å². The van der Waals surface area contributed by atoms with E-state index in [2.05, 4.69) is 10.3 Å². The van der Waals surface area contributed by atoms with Crippen LogP contribution in [-0.2, 0) is 11.2 Å². The Labute approximate surface area is 121 Å². The smallest absolute Gasteiger partial charge is 0.228 e. The third-order valence-corrected chi connectivity index (χ3v) is 3.92. The molecule has 2 N–H and O–H groups in total. The van der Waals surface area contributed by atoms with Crippen molar-refractivity contribution in [2.45, 2.75) is 6.42 Å². The topological polar surface area (TPSA) is 54.1 Å². The summed E-state index contributed by atoms with van der Waals surface area (Å²) in [6.45, 7) is 0. The second-order valence-electron chi connectivity index (χ2n) is 5.16. The highest BCUT2D eigenvalue weighted by molar-refractivity contribution is 6.05. The number of methoxy groups -OCH3 is 1. The van der Waals surface area contributed by atoms with Gasteiger partial charge in [0.1, 0.15) is 5.75 Å². The molecule has 0 unspecified atom stereocenters. The molecule has 4 rings (SSSR count). The van der Waals surface area contributed by atoms with Crippen molar-refractivity contribution in [3.63, 3.8) is 0 Å². The molecule has 3 aromatic rings. The third-order valence-electron chi connectivity index (χ3n) is 3.92. The Hall–Kier alpha value is -2.75. The maximum atomic E-state index is 12.1. The number of fused-ring (bicyclic) bond motifs is 5. The fourth-order valence-electron chi connectivity index (χ4n) is 2.94. The average molecular weight is 278 g/mol. The molecule has 4 heteroatoms. The zero-order valence-electron chi connectivity index (χ0n) is 11.6. The summed E-state index contributed by atoms with van der Waals surface area (Å²) >= 11 is 0. The van der Waals surface area contributed by atoms with Crippen molar-refractivity contribution >= 4 is 22.5 Å². The first-order valence-electron chi connectivity index (χ1n) is 6.84. The van der Waals surface area contributed by atoms with Crippen LogP contribution >= 0.6 is 0 Å². The minimum Gasteiger partial charge on any atom is -0.497 e. The summed E-state index contributed by atoms with van der Waals surface area (Å²) in [7, 11) is 1.65. The molecular weight excluding hydrogens is 264 g/mol. The van der Waals surface area contributed by atoms with Gasteiger partial charge in [0.15, 0.2) is 0 Å². The molecule has 0 atom stereocenters. The van der Waals surface area contributed by atoms with Gasteiger partial charge in [-0.05, 0) is 23.8 Å². The Bertz CT molecular complexity index is 864. The second kappa shape index (κ2) is 4.38. The van der Waals surface area contributed by atoms with Gasteiger partial charge < -0.3 is 15.0 Å². The molecule has 2 heterocycles. The zero-order valence-corrected chi connectivity index (χ0v) is 11.6. The van der Waals surface area contributed by atoms with Crippen LogP contribution in [0.5, 0.6) is 5.75 Å². The number of carbonyl (C=O) groups excluding carboxylic acids is 1. The van der Waals surface area contributed by atoms with Crippen molar-refractivity contribution in [3.05, 3.63) is 48.0 Å². The molecule has 1 amide bonds. The summed E-state index contributed by atoms with van der Waals surface area (Å²) in [6, 6.07) is 13.7. The van der Waals surface area contributed by atoms with Crippen LogP contribution in [0, 0.1) is 0 Å². The Morgan fingerprint density at radius 1 is 1.14 bits per heavy atom. The average Bonchev–Trinajstić information content (AvgIpc) is 2.78. The molecule has 104 valence electrons. The number of nitrogens with one attached hydrogen (secondary N) is 2. The van der Waals surface area contributed by atoms with Crippen molar-refractivity contribution < 1.29 is 9.53 Å². The highest BCUT2D eigenvalue weighted by atomic mass is 16.5. The lowest BCUT2D eigenvalue weighted by Crippen LogP contribution is -2.12. The molecule has 0 spiro atoms. The largest absolute Gasteiger partial charge is 0.497 e. The zero-order chi connectivity index (χ0) is 14.4. The van der Waals surface area contributed by atoms with Gasteiger partial charge in [0.2, 0.25) is 5.91 Å². The summed E-state index contributed by atoms with van der Waals surface area (Å²) in [5, 5.41) is 4.03. The number of rotatable bonds is 1. The van der Waals surface area contributed by atoms with E-state index >= 15 is 0 Å². The quantitative estimate of drug-likeness (QED) is 0.717. The molecule has 0 radical (unpaired) electrons. The van der Waals surface area contributed by atoms with Crippen molar-refractivity contribution in [2.24, 2.45) is 0 Å². The standard InChI is InChI=1S/C17H14N2O2/c1-21-10-6-7-11-13-9-16(20)18-14-5-3-2-4-12(14)17(13)19-15(11)8-10/h2-8,19H,9H2,1H3,(H,18,20). The van der Waals surface area contributed by atoms with E-state index in [4.69, 9.17) is 4.74 Å². The van der Waals surface area contributed by atoms with Crippen LogP contribution in [-0.4, -0.2) is 18.0 Å². The molecule has 0 bridgehead atoms. The fourth-order valence-corrected chi connectivity index (χ4v) is 2.94. The monoisotopic (exact) mass is 278 g/mol. The van der Waals surface area contributed by atoms with E-state index in [1.54, 1.807) is 7.11 Å². The van der Waals surface area contributed by atoms with Crippen LogP contribution in [0.2, 0.25) is 0 Å². The first-order valence-corrected chi connectivity index (χ1v) is 6.84. The molecule has 21 heavy (non-hydrogen) atoms. The van der Waals surface area contributed by atoms with Gasteiger partial charge in [-0.2, -0.15) is 0 Å². The normalized spacial score (nSPS) is 13.3. The van der Waals surface area contributed by atoms with E-state index < -0.39 is 0 Å². The number of anilines is 1. The highest BCUT2D eigenvalue weighted by Gasteiger charge is 2.22. The number of hydrogen-bond acceptors (Lipinski definition) is 2. The fraction of sp³-hybridized carbons (Fsp3) is 0.118. The van der Waals surface area contributed by atoms with Gasteiger partial charge in [0.25, 0.3) is 0 Å². The van der Waals surface area contributed by atoms with Crippen molar-refractivity contribution in [2.75, 3.05) is 12.4 Å². The number of benzene rings is 2. The third kappa shape index (κ3) is 1.80. The molecule has 1 aliphatic rings. The number of aromatic nitrogens is 1. The highest BCUT2D eigenvalue weighted by Crippen LogP contribution is 2.37. The molecule has 1 aliphatic heterocycles. The van der Waals surface area contributed by atoms with Gasteiger partial charge >= 0.3 is 0 Å². The van der Waals surface area contributed by atoms with E-state index in [1.165, 1.54) is 0 Å². The van der Waals surface area contributed by atoms with E-state index in [9.17, 15) is 4.79 Å². The van der Waals surface area contributed by atoms with Crippen LogP contribution in [0.4, 0.5) is 5.69 Å². The Kier molecular flexibility index (Phi) is 2.51. The maximum Gasteiger partial charge on any atom is 0.228 e. The lowest BCUT2D eigenvalue weighted by atomic mass is 10.0. The van der Waals surface area contributed by atoms with Crippen LogP contribution in [0.1, 0.15) is 5.56 Å². The first kappa shape index (κ1) is 12.0. The second-order valence-corrected chi connectivity index (χ2v) is 5.16. The van der Waals surface area contributed by atoms with Crippen molar-refractivity contribution in [3.8, 4) is 17.0 Å². The predicted molar refractivity (Wildman–Crippen MR) is 82.6 cm³/mol. The molecule has 4 nitrogen and oxygen atoms in total. The lowest BCUT2D eigenvalue weighted by Gasteiger charge is -2.05. The predicted octanol–water partition coefficient (Wildman–Crippen LogP) is 3.34. The first-order chi connectivity index (χ1) is 10.3. The summed E-state index contributed by atoms with van der Waals surface area (Å²) in [4.78, 5) is 15.6. The summed E-state index contributed by atoms with van der Waals surface area (Å²) < 4.78 is 5.27. The Balaban J connectivity index is 2.04. The molecular formula is C17H14N2O2. The maximum absolute atomic E-state index is 12.1. The van der Waals surface area contributed by atoms with Crippen LogP contribution < -0.4 is 10.1 Å². The van der Waals surface area contributed by atoms with Gasteiger partial charge in [-0.1, -0.05) is 18.2 Å². The van der Waals surface area contributed by atoms with Crippen molar-refractivity contribution in [1.29, 1.82) is 0 Å². The molecule has 0 fully saturated rings. The Morgan fingerprint density at radius 3 is 2.86 bits per heavy atom. The summed E-state index contributed by atoms with van der Waals surface area (Å²) in [5.74, 6) is 0.814. The van der Waals surface area contributed by atoms with Gasteiger partial charge in [0.05, 0.1) is 24.9 Å². The Morgan fingerprint density at radius 2 is 2.00 bits per heavy atom. The number of carbonyl (C=O) groups is 1. The van der Waals surface area contributed by atoms with E-state index in [0.29, 0.717) is 6.42 Å². The van der Waals surface area contributed by atoms with Gasteiger partial charge in [0, 0.05) is 22.5 Å². The molecule has 2 aromatic carbocycles.